The largest absolute Gasteiger partial charge is 0.507 e. The van der Waals surface area contributed by atoms with E-state index in [-0.39, 0.29) is 17.5 Å². The van der Waals surface area contributed by atoms with Gasteiger partial charge in [0.1, 0.15) is 11.5 Å². The zero-order valence-electron chi connectivity index (χ0n) is 12.7. The first kappa shape index (κ1) is 15.1. The number of likely N-dealkylation sites (tertiary alicyclic amines) is 1. The average molecular weight is 278 g/mol. The molecule has 1 atom stereocenters. The molecule has 0 aromatic heterocycles. The van der Waals surface area contributed by atoms with E-state index in [1.165, 1.54) is 12.8 Å². The molecule has 1 fully saturated rings. The second kappa shape index (κ2) is 6.46. The van der Waals surface area contributed by atoms with Crippen LogP contribution in [0.2, 0.25) is 0 Å². The zero-order valence-corrected chi connectivity index (χ0v) is 12.7. The molecule has 1 heterocycles. The number of nitrogens with zero attached hydrogens (tertiary/aromatic N) is 2. The minimum absolute atomic E-state index is 0.0523. The van der Waals surface area contributed by atoms with Crippen molar-refractivity contribution in [2.45, 2.75) is 25.8 Å². The van der Waals surface area contributed by atoms with Crippen molar-refractivity contribution >= 4 is 0 Å². The number of hydrogen-bond donors (Lipinski definition) is 2. The third-order valence-corrected chi connectivity index (χ3v) is 4.30. The van der Waals surface area contributed by atoms with Gasteiger partial charge in [0.15, 0.2) is 0 Å². The van der Waals surface area contributed by atoms with Crippen LogP contribution < -0.4 is 0 Å². The van der Waals surface area contributed by atoms with Crippen molar-refractivity contribution in [3.05, 3.63) is 23.8 Å². The Morgan fingerprint density at radius 1 is 1.20 bits per heavy atom. The van der Waals surface area contributed by atoms with Gasteiger partial charge in [-0.25, -0.2) is 0 Å². The van der Waals surface area contributed by atoms with Crippen molar-refractivity contribution in [1.29, 1.82) is 0 Å². The number of hydrogen-bond acceptors (Lipinski definition) is 4. The van der Waals surface area contributed by atoms with Gasteiger partial charge in [-0.2, -0.15) is 0 Å². The van der Waals surface area contributed by atoms with Gasteiger partial charge in [0.05, 0.1) is 5.56 Å². The Morgan fingerprint density at radius 3 is 2.25 bits per heavy atom. The van der Waals surface area contributed by atoms with E-state index in [9.17, 15) is 10.2 Å². The summed E-state index contributed by atoms with van der Waals surface area (Å²) in [5, 5.41) is 19.9. The summed E-state index contributed by atoms with van der Waals surface area (Å²) in [5.41, 5.74) is 0.651. The number of rotatable bonds is 4. The van der Waals surface area contributed by atoms with Gasteiger partial charge in [-0.3, -0.25) is 4.90 Å². The summed E-state index contributed by atoms with van der Waals surface area (Å²) in [7, 11) is 4.24. The molecule has 0 radical (unpaired) electrons. The molecule has 1 aliphatic heterocycles. The first-order valence-corrected chi connectivity index (χ1v) is 7.38. The van der Waals surface area contributed by atoms with Crippen LogP contribution in [0.5, 0.6) is 11.5 Å². The summed E-state index contributed by atoms with van der Waals surface area (Å²) in [5.74, 6) is 1.13. The van der Waals surface area contributed by atoms with Crippen molar-refractivity contribution in [3.8, 4) is 11.5 Å². The SMILES string of the molecule is CC(c1c(O)cccc1O)N1CCC(CN(C)C)CC1. The molecule has 1 aliphatic rings. The maximum Gasteiger partial charge on any atom is 0.124 e. The van der Waals surface area contributed by atoms with Crippen LogP contribution in [0.25, 0.3) is 0 Å². The number of aromatic hydroxyl groups is 2. The highest BCUT2D eigenvalue weighted by molar-refractivity contribution is 5.45. The molecule has 0 saturated carbocycles. The average Bonchev–Trinajstić information content (AvgIpc) is 2.38. The van der Waals surface area contributed by atoms with Crippen molar-refractivity contribution < 1.29 is 10.2 Å². The number of benzene rings is 1. The van der Waals surface area contributed by atoms with Crippen LogP contribution in [0.1, 0.15) is 31.4 Å². The smallest absolute Gasteiger partial charge is 0.124 e. The van der Waals surface area contributed by atoms with E-state index in [0.29, 0.717) is 5.56 Å². The van der Waals surface area contributed by atoms with Crippen LogP contribution in [-0.2, 0) is 0 Å². The van der Waals surface area contributed by atoms with Gasteiger partial charge >= 0.3 is 0 Å². The van der Waals surface area contributed by atoms with Crippen molar-refractivity contribution in [3.63, 3.8) is 0 Å². The van der Waals surface area contributed by atoms with E-state index >= 15 is 0 Å². The van der Waals surface area contributed by atoms with Crippen molar-refractivity contribution in [2.24, 2.45) is 5.92 Å². The van der Waals surface area contributed by atoms with Crippen LogP contribution in [0.3, 0.4) is 0 Å². The monoisotopic (exact) mass is 278 g/mol. The molecule has 0 aliphatic carbocycles. The van der Waals surface area contributed by atoms with Gasteiger partial charge in [-0.15, -0.1) is 0 Å². The Labute approximate surface area is 121 Å². The van der Waals surface area contributed by atoms with Crippen LogP contribution in [-0.4, -0.2) is 53.7 Å². The molecule has 0 amide bonds. The fourth-order valence-corrected chi connectivity index (χ4v) is 3.19. The number of piperidine rings is 1. The van der Waals surface area contributed by atoms with E-state index in [1.807, 2.05) is 0 Å². The van der Waals surface area contributed by atoms with Crippen LogP contribution >= 0.6 is 0 Å². The summed E-state index contributed by atoms with van der Waals surface area (Å²) >= 11 is 0. The van der Waals surface area contributed by atoms with Crippen molar-refractivity contribution in [1.82, 2.24) is 9.80 Å². The molecule has 4 heteroatoms. The molecule has 4 nitrogen and oxygen atoms in total. The third-order valence-electron chi connectivity index (χ3n) is 4.30. The molecule has 1 aromatic rings. The maximum atomic E-state index is 9.97. The summed E-state index contributed by atoms with van der Waals surface area (Å²) < 4.78 is 0. The molecule has 112 valence electrons. The normalized spacial score (nSPS) is 19.4. The molecule has 20 heavy (non-hydrogen) atoms. The predicted octanol–water partition coefficient (Wildman–Crippen LogP) is 2.43. The van der Waals surface area contributed by atoms with E-state index in [4.69, 9.17) is 0 Å². The second-order valence-corrected chi connectivity index (χ2v) is 6.13. The maximum absolute atomic E-state index is 9.97. The molecule has 0 spiro atoms. The van der Waals surface area contributed by atoms with Crippen LogP contribution in [0.4, 0.5) is 0 Å². The van der Waals surface area contributed by atoms with Crippen molar-refractivity contribution in [2.75, 3.05) is 33.7 Å². The summed E-state index contributed by atoms with van der Waals surface area (Å²) in [6.45, 7) is 5.24. The molecule has 1 aromatic carbocycles. The Kier molecular flexibility index (Phi) is 4.89. The lowest BCUT2D eigenvalue weighted by atomic mass is 9.94. The van der Waals surface area contributed by atoms with Crippen LogP contribution in [0, 0.1) is 5.92 Å². The molecule has 0 bridgehead atoms. The highest BCUT2D eigenvalue weighted by atomic mass is 16.3. The number of phenols is 2. The molecule has 1 saturated heterocycles. The van der Waals surface area contributed by atoms with Gasteiger partial charge in [0.2, 0.25) is 0 Å². The lowest BCUT2D eigenvalue weighted by molar-refractivity contribution is 0.124. The molecular weight excluding hydrogens is 252 g/mol. The summed E-state index contributed by atoms with van der Waals surface area (Å²) in [4.78, 5) is 4.60. The lowest BCUT2D eigenvalue weighted by Crippen LogP contribution is -2.38. The lowest BCUT2D eigenvalue weighted by Gasteiger charge is -2.37. The molecule has 2 N–H and O–H groups in total. The molecular formula is C16H26N2O2. The Balaban J connectivity index is 2.00. The summed E-state index contributed by atoms with van der Waals surface area (Å²) in [6, 6.07) is 5.01. The number of phenolic OH excluding ortho intramolecular Hbond substituents is 2. The Hall–Kier alpha value is -1.26. The van der Waals surface area contributed by atoms with Gasteiger partial charge in [-0.05, 0) is 65.0 Å². The standard InChI is InChI=1S/C16H26N2O2/c1-12(16-14(19)5-4-6-15(16)20)18-9-7-13(8-10-18)11-17(2)3/h4-6,12-13,19-20H,7-11H2,1-3H3. The third kappa shape index (κ3) is 3.44. The van der Waals surface area contributed by atoms with Gasteiger partial charge in [0, 0.05) is 12.6 Å². The van der Waals surface area contributed by atoms with Crippen LogP contribution in [0.15, 0.2) is 18.2 Å². The molecule has 2 rings (SSSR count). The van der Waals surface area contributed by atoms with Gasteiger partial charge in [-0.1, -0.05) is 6.07 Å². The topological polar surface area (TPSA) is 46.9 Å². The van der Waals surface area contributed by atoms with E-state index in [1.54, 1.807) is 18.2 Å². The first-order valence-electron chi connectivity index (χ1n) is 7.38. The molecule has 1 unspecified atom stereocenters. The summed E-state index contributed by atoms with van der Waals surface area (Å²) in [6.07, 6.45) is 2.35. The van der Waals surface area contributed by atoms with E-state index in [2.05, 4.69) is 30.8 Å². The Bertz CT molecular complexity index is 420. The predicted molar refractivity (Wildman–Crippen MR) is 81.0 cm³/mol. The fraction of sp³-hybridized carbons (Fsp3) is 0.625. The first-order chi connectivity index (χ1) is 9.49. The zero-order chi connectivity index (χ0) is 14.7. The van der Waals surface area contributed by atoms with Gasteiger partial charge < -0.3 is 15.1 Å². The van der Waals surface area contributed by atoms with E-state index < -0.39 is 0 Å². The minimum Gasteiger partial charge on any atom is -0.507 e. The quantitative estimate of drug-likeness (QED) is 0.888. The Morgan fingerprint density at radius 2 is 1.75 bits per heavy atom. The fourth-order valence-electron chi connectivity index (χ4n) is 3.19. The van der Waals surface area contributed by atoms with Gasteiger partial charge in [0.25, 0.3) is 0 Å². The highest BCUT2D eigenvalue weighted by Crippen LogP contribution is 2.37. The highest BCUT2D eigenvalue weighted by Gasteiger charge is 2.26. The van der Waals surface area contributed by atoms with E-state index in [0.717, 1.165) is 25.6 Å². The second-order valence-electron chi connectivity index (χ2n) is 6.13. The minimum atomic E-state index is 0.0523.